The van der Waals surface area contributed by atoms with Crippen LogP contribution < -0.4 is 0 Å². The van der Waals surface area contributed by atoms with Gasteiger partial charge < -0.3 is 9.84 Å². The Morgan fingerprint density at radius 3 is 2.69 bits per heavy atom. The lowest BCUT2D eigenvalue weighted by molar-refractivity contribution is -0.141. The number of benzene rings is 1. The minimum atomic E-state index is -0.689. The second-order valence-electron chi connectivity index (χ2n) is 4.27. The zero-order chi connectivity index (χ0) is 11.4. The molecule has 1 aliphatic rings. The van der Waals surface area contributed by atoms with E-state index >= 15 is 0 Å². The lowest BCUT2D eigenvalue weighted by atomic mass is 10.1. The maximum Gasteiger partial charge on any atom is 0.306 e. The third-order valence-electron chi connectivity index (χ3n) is 3.06. The van der Waals surface area contributed by atoms with Crippen LogP contribution in [-0.4, -0.2) is 17.2 Å². The number of hydrogen-bond acceptors (Lipinski definition) is 2. The molecule has 3 nitrogen and oxygen atoms in total. The zero-order valence-electron chi connectivity index (χ0n) is 9.13. The molecule has 0 aromatic heterocycles. The van der Waals surface area contributed by atoms with Crippen LogP contribution in [0.4, 0.5) is 0 Å². The topological polar surface area (TPSA) is 46.5 Å². The van der Waals surface area contributed by atoms with Crippen LogP contribution in [0.2, 0.25) is 0 Å². The van der Waals surface area contributed by atoms with Gasteiger partial charge in [0.2, 0.25) is 0 Å². The summed E-state index contributed by atoms with van der Waals surface area (Å²) in [4.78, 5) is 10.8. The molecular formula is C13H16O3. The van der Waals surface area contributed by atoms with Crippen LogP contribution in [0, 0.1) is 5.92 Å². The van der Waals surface area contributed by atoms with Gasteiger partial charge >= 0.3 is 5.97 Å². The van der Waals surface area contributed by atoms with E-state index in [4.69, 9.17) is 9.84 Å². The molecule has 1 aromatic carbocycles. The number of carboxylic acid groups (broad SMARTS) is 1. The predicted octanol–water partition coefficient (Wildman–Crippen LogP) is 2.46. The highest BCUT2D eigenvalue weighted by molar-refractivity contribution is 5.70. The van der Waals surface area contributed by atoms with Crippen molar-refractivity contribution in [3.8, 4) is 0 Å². The summed E-state index contributed by atoms with van der Waals surface area (Å²) in [7, 11) is 0. The second kappa shape index (κ2) is 5.12. The molecule has 16 heavy (non-hydrogen) atoms. The summed E-state index contributed by atoms with van der Waals surface area (Å²) in [6, 6.07) is 9.97. The molecule has 1 saturated carbocycles. The van der Waals surface area contributed by atoms with E-state index in [2.05, 4.69) is 0 Å². The Morgan fingerprint density at radius 1 is 1.31 bits per heavy atom. The molecule has 2 atom stereocenters. The fraction of sp³-hybridized carbons (Fsp3) is 0.462. The summed E-state index contributed by atoms with van der Waals surface area (Å²) in [5.74, 6) is -0.897. The number of carbonyl (C=O) groups is 1. The summed E-state index contributed by atoms with van der Waals surface area (Å²) >= 11 is 0. The maximum absolute atomic E-state index is 10.8. The van der Waals surface area contributed by atoms with E-state index in [-0.39, 0.29) is 12.0 Å². The first-order valence-electron chi connectivity index (χ1n) is 5.64. The van der Waals surface area contributed by atoms with E-state index in [1.165, 1.54) is 0 Å². The van der Waals surface area contributed by atoms with E-state index < -0.39 is 5.97 Å². The standard InChI is InChI=1S/C13H16O3/c14-13(15)11-6-7-12(8-11)16-9-10-4-2-1-3-5-10/h1-5,11-12H,6-9H2,(H,14,15)/t11-,12-/m0/s1. The molecule has 0 radical (unpaired) electrons. The van der Waals surface area contributed by atoms with E-state index in [0.29, 0.717) is 13.0 Å². The number of aliphatic carboxylic acids is 1. The molecule has 1 N–H and O–H groups in total. The largest absolute Gasteiger partial charge is 0.481 e. The van der Waals surface area contributed by atoms with Gasteiger partial charge in [-0.15, -0.1) is 0 Å². The van der Waals surface area contributed by atoms with Crippen molar-refractivity contribution in [1.82, 2.24) is 0 Å². The summed E-state index contributed by atoms with van der Waals surface area (Å²) in [5, 5.41) is 8.86. The number of hydrogen-bond donors (Lipinski definition) is 1. The lowest BCUT2D eigenvalue weighted by Gasteiger charge is -2.11. The minimum absolute atomic E-state index is 0.112. The fourth-order valence-corrected chi connectivity index (χ4v) is 2.10. The Labute approximate surface area is 95.0 Å². The second-order valence-corrected chi connectivity index (χ2v) is 4.27. The van der Waals surface area contributed by atoms with Crippen LogP contribution in [0.15, 0.2) is 30.3 Å². The molecule has 2 rings (SSSR count). The van der Waals surface area contributed by atoms with Crippen molar-refractivity contribution in [1.29, 1.82) is 0 Å². The van der Waals surface area contributed by atoms with Gasteiger partial charge in [0.15, 0.2) is 0 Å². The van der Waals surface area contributed by atoms with Gasteiger partial charge in [0.1, 0.15) is 0 Å². The normalized spacial score (nSPS) is 24.5. The van der Waals surface area contributed by atoms with Crippen LogP contribution in [0.25, 0.3) is 0 Å². The molecule has 0 aliphatic heterocycles. The monoisotopic (exact) mass is 220 g/mol. The van der Waals surface area contributed by atoms with Crippen molar-refractivity contribution in [3.05, 3.63) is 35.9 Å². The molecule has 3 heteroatoms. The molecule has 0 saturated heterocycles. The third kappa shape index (κ3) is 2.83. The van der Waals surface area contributed by atoms with Gasteiger partial charge in [-0.05, 0) is 24.8 Å². The van der Waals surface area contributed by atoms with Gasteiger partial charge in [-0.25, -0.2) is 0 Å². The van der Waals surface area contributed by atoms with Crippen molar-refractivity contribution >= 4 is 5.97 Å². The summed E-state index contributed by atoms with van der Waals surface area (Å²) in [6.07, 6.45) is 2.38. The van der Waals surface area contributed by atoms with Crippen LogP contribution in [0.5, 0.6) is 0 Å². The Kier molecular flexibility index (Phi) is 3.57. The summed E-state index contributed by atoms with van der Waals surface area (Å²) in [6.45, 7) is 0.581. The molecule has 0 bridgehead atoms. The minimum Gasteiger partial charge on any atom is -0.481 e. The molecule has 0 amide bonds. The van der Waals surface area contributed by atoms with E-state index in [1.807, 2.05) is 30.3 Å². The number of carboxylic acids is 1. The molecule has 1 fully saturated rings. The third-order valence-corrected chi connectivity index (χ3v) is 3.06. The highest BCUT2D eigenvalue weighted by atomic mass is 16.5. The van der Waals surface area contributed by atoms with Crippen molar-refractivity contribution in [2.45, 2.75) is 32.0 Å². The van der Waals surface area contributed by atoms with Gasteiger partial charge in [-0.3, -0.25) is 4.79 Å². The summed E-state index contributed by atoms with van der Waals surface area (Å²) < 4.78 is 5.71. The van der Waals surface area contributed by atoms with Crippen molar-refractivity contribution in [2.75, 3.05) is 0 Å². The van der Waals surface area contributed by atoms with E-state index in [0.717, 1.165) is 18.4 Å². The predicted molar refractivity (Wildman–Crippen MR) is 60.0 cm³/mol. The zero-order valence-corrected chi connectivity index (χ0v) is 9.13. The lowest BCUT2D eigenvalue weighted by Crippen LogP contribution is -2.13. The molecule has 86 valence electrons. The van der Waals surface area contributed by atoms with Crippen molar-refractivity contribution in [3.63, 3.8) is 0 Å². The van der Waals surface area contributed by atoms with Crippen molar-refractivity contribution < 1.29 is 14.6 Å². The van der Waals surface area contributed by atoms with Crippen molar-refractivity contribution in [2.24, 2.45) is 5.92 Å². The Bertz CT molecular complexity index is 347. The molecular weight excluding hydrogens is 204 g/mol. The van der Waals surface area contributed by atoms with Gasteiger partial charge in [0.05, 0.1) is 18.6 Å². The highest BCUT2D eigenvalue weighted by Crippen LogP contribution is 2.28. The Balaban J connectivity index is 1.78. The number of ether oxygens (including phenoxy) is 1. The fourth-order valence-electron chi connectivity index (χ4n) is 2.10. The molecule has 0 heterocycles. The molecule has 1 aromatic rings. The smallest absolute Gasteiger partial charge is 0.306 e. The van der Waals surface area contributed by atoms with Gasteiger partial charge in [-0.2, -0.15) is 0 Å². The first-order chi connectivity index (χ1) is 7.75. The van der Waals surface area contributed by atoms with Gasteiger partial charge in [0, 0.05) is 0 Å². The summed E-state index contributed by atoms with van der Waals surface area (Å²) in [5.41, 5.74) is 1.14. The Morgan fingerprint density at radius 2 is 2.06 bits per heavy atom. The first-order valence-corrected chi connectivity index (χ1v) is 5.64. The molecule has 0 spiro atoms. The van der Waals surface area contributed by atoms with Gasteiger partial charge in [0.25, 0.3) is 0 Å². The average molecular weight is 220 g/mol. The average Bonchev–Trinajstić information content (AvgIpc) is 2.76. The molecule has 1 aliphatic carbocycles. The number of rotatable bonds is 4. The van der Waals surface area contributed by atoms with E-state index in [1.54, 1.807) is 0 Å². The first kappa shape index (κ1) is 11.1. The van der Waals surface area contributed by atoms with Crippen LogP contribution in [-0.2, 0) is 16.1 Å². The molecule has 0 unspecified atom stereocenters. The van der Waals surface area contributed by atoms with Crippen LogP contribution in [0.3, 0.4) is 0 Å². The highest BCUT2D eigenvalue weighted by Gasteiger charge is 2.30. The van der Waals surface area contributed by atoms with E-state index in [9.17, 15) is 4.79 Å². The Hall–Kier alpha value is -1.35. The maximum atomic E-state index is 10.8. The SMILES string of the molecule is O=C(O)[C@H]1CC[C@H](OCc2ccccc2)C1. The quantitative estimate of drug-likeness (QED) is 0.847. The van der Waals surface area contributed by atoms with Crippen LogP contribution in [0.1, 0.15) is 24.8 Å². The van der Waals surface area contributed by atoms with Gasteiger partial charge in [-0.1, -0.05) is 30.3 Å². The van der Waals surface area contributed by atoms with Crippen LogP contribution >= 0.6 is 0 Å².